The second-order valence-corrected chi connectivity index (χ2v) is 5.64. The van der Waals surface area contributed by atoms with Gasteiger partial charge in [-0.3, -0.25) is 4.98 Å². The fourth-order valence-corrected chi connectivity index (χ4v) is 2.79. The van der Waals surface area contributed by atoms with Crippen LogP contribution in [0, 0.1) is 0 Å². The molecule has 17 heavy (non-hydrogen) atoms. The third-order valence-corrected chi connectivity index (χ3v) is 4.60. The third kappa shape index (κ3) is 2.74. The number of anilines is 1. The zero-order valence-corrected chi connectivity index (χ0v) is 10.9. The summed E-state index contributed by atoms with van der Waals surface area (Å²) in [6, 6.07) is 1.11. The molecule has 0 aliphatic heterocycles. The van der Waals surface area contributed by atoms with Gasteiger partial charge in [0, 0.05) is 32.5 Å². The second kappa shape index (κ2) is 5.44. The van der Waals surface area contributed by atoms with Crippen molar-refractivity contribution >= 4 is 15.7 Å². The van der Waals surface area contributed by atoms with Crippen LogP contribution in [0.4, 0.5) is 5.69 Å². The van der Waals surface area contributed by atoms with Crippen molar-refractivity contribution in [2.45, 2.75) is 17.9 Å². The molecule has 0 fully saturated rings. The molecule has 1 aromatic heterocycles. The highest BCUT2D eigenvalue weighted by Crippen LogP contribution is 2.23. The van der Waals surface area contributed by atoms with Crippen molar-refractivity contribution in [3.8, 4) is 0 Å². The van der Waals surface area contributed by atoms with E-state index < -0.39 is 16.1 Å². The third-order valence-electron chi connectivity index (χ3n) is 2.60. The SMILES string of the molecule is CNc1ccncc1S(=O)(=O)N(C)C(C)CO. The van der Waals surface area contributed by atoms with Crippen LogP contribution in [0.25, 0.3) is 0 Å². The van der Waals surface area contributed by atoms with E-state index in [4.69, 9.17) is 5.11 Å². The molecule has 0 spiro atoms. The summed E-state index contributed by atoms with van der Waals surface area (Å²) >= 11 is 0. The Morgan fingerprint density at radius 3 is 2.76 bits per heavy atom. The summed E-state index contributed by atoms with van der Waals surface area (Å²) < 4.78 is 25.6. The minimum absolute atomic E-state index is 0.102. The number of nitrogens with zero attached hydrogens (tertiary/aromatic N) is 2. The molecule has 0 amide bonds. The first kappa shape index (κ1) is 13.9. The lowest BCUT2D eigenvalue weighted by molar-refractivity contribution is 0.214. The first-order valence-corrected chi connectivity index (χ1v) is 6.59. The number of hydrogen-bond donors (Lipinski definition) is 2. The number of likely N-dealkylation sites (N-methyl/N-ethyl adjacent to an activating group) is 1. The van der Waals surface area contributed by atoms with E-state index in [2.05, 4.69) is 10.3 Å². The van der Waals surface area contributed by atoms with E-state index in [1.165, 1.54) is 19.4 Å². The Labute approximate surface area is 101 Å². The van der Waals surface area contributed by atoms with Crippen LogP contribution in [0.5, 0.6) is 0 Å². The quantitative estimate of drug-likeness (QED) is 0.785. The Hall–Kier alpha value is -1.18. The fraction of sp³-hybridized carbons (Fsp3) is 0.500. The van der Waals surface area contributed by atoms with E-state index in [0.717, 1.165) is 4.31 Å². The van der Waals surface area contributed by atoms with Crippen molar-refractivity contribution < 1.29 is 13.5 Å². The summed E-state index contributed by atoms with van der Waals surface area (Å²) in [6.07, 6.45) is 2.81. The molecular formula is C10H17N3O3S. The van der Waals surface area contributed by atoms with Crippen LogP contribution in [0.15, 0.2) is 23.4 Å². The van der Waals surface area contributed by atoms with Gasteiger partial charge in [-0.15, -0.1) is 0 Å². The van der Waals surface area contributed by atoms with E-state index in [1.54, 1.807) is 20.0 Å². The summed E-state index contributed by atoms with van der Waals surface area (Å²) in [5.74, 6) is 0. The Bertz CT molecular complexity index is 475. The maximum Gasteiger partial charge on any atom is 0.246 e. The highest BCUT2D eigenvalue weighted by molar-refractivity contribution is 7.89. The highest BCUT2D eigenvalue weighted by Gasteiger charge is 2.27. The lowest BCUT2D eigenvalue weighted by Gasteiger charge is -2.23. The number of nitrogens with one attached hydrogen (secondary N) is 1. The fourth-order valence-electron chi connectivity index (χ4n) is 1.30. The molecule has 2 N–H and O–H groups in total. The predicted molar refractivity (Wildman–Crippen MR) is 65.3 cm³/mol. The molecule has 0 aliphatic carbocycles. The van der Waals surface area contributed by atoms with Gasteiger partial charge in [-0.2, -0.15) is 4.31 Å². The van der Waals surface area contributed by atoms with Crippen LogP contribution in [0.1, 0.15) is 6.92 Å². The maximum absolute atomic E-state index is 12.2. The first-order valence-electron chi connectivity index (χ1n) is 5.15. The summed E-state index contributed by atoms with van der Waals surface area (Å²) in [7, 11) is -0.569. The lowest BCUT2D eigenvalue weighted by Crippen LogP contribution is -2.37. The van der Waals surface area contributed by atoms with Gasteiger partial charge < -0.3 is 10.4 Å². The minimum atomic E-state index is -3.64. The molecule has 0 aliphatic rings. The smallest absolute Gasteiger partial charge is 0.246 e. The topological polar surface area (TPSA) is 82.5 Å². The Kier molecular flexibility index (Phi) is 4.44. The number of hydrogen-bond acceptors (Lipinski definition) is 5. The molecule has 6 nitrogen and oxygen atoms in total. The van der Waals surface area contributed by atoms with Gasteiger partial charge >= 0.3 is 0 Å². The molecule has 1 unspecified atom stereocenters. The molecule has 7 heteroatoms. The highest BCUT2D eigenvalue weighted by atomic mass is 32.2. The van der Waals surface area contributed by atoms with Crippen LogP contribution in [0.3, 0.4) is 0 Å². The average molecular weight is 259 g/mol. The van der Waals surface area contributed by atoms with Crippen LogP contribution in [-0.2, 0) is 10.0 Å². The minimum Gasteiger partial charge on any atom is -0.395 e. The molecule has 0 saturated carbocycles. The van der Waals surface area contributed by atoms with Gasteiger partial charge in [0.2, 0.25) is 10.0 Å². The van der Waals surface area contributed by atoms with E-state index in [9.17, 15) is 8.42 Å². The molecule has 0 bridgehead atoms. The van der Waals surface area contributed by atoms with Gasteiger partial charge in [-0.05, 0) is 13.0 Å². The van der Waals surface area contributed by atoms with Gasteiger partial charge in [-0.25, -0.2) is 8.42 Å². The Morgan fingerprint density at radius 2 is 2.24 bits per heavy atom. The zero-order chi connectivity index (χ0) is 13.1. The Balaban J connectivity index is 3.22. The Morgan fingerprint density at radius 1 is 1.59 bits per heavy atom. The first-order chi connectivity index (χ1) is 7.95. The van der Waals surface area contributed by atoms with E-state index in [1.807, 2.05) is 0 Å². The molecule has 1 atom stereocenters. The molecule has 0 saturated heterocycles. The number of aliphatic hydroxyl groups excluding tert-OH is 1. The van der Waals surface area contributed by atoms with Crippen molar-refractivity contribution in [2.24, 2.45) is 0 Å². The summed E-state index contributed by atoms with van der Waals surface area (Å²) in [5.41, 5.74) is 0.483. The van der Waals surface area contributed by atoms with Crippen molar-refractivity contribution in [3.05, 3.63) is 18.5 Å². The molecule has 0 radical (unpaired) electrons. The van der Waals surface area contributed by atoms with Crippen molar-refractivity contribution in [1.82, 2.24) is 9.29 Å². The van der Waals surface area contributed by atoms with Crippen LogP contribution < -0.4 is 5.32 Å². The van der Waals surface area contributed by atoms with Gasteiger partial charge in [0.05, 0.1) is 12.3 Å². The largest absolute Gasteiger partial charge is 0.395 e. The van der Waals surface area contributed by atoms with E-state index >= 15 is 0 Å². The predicted octanol–water partition coefficient (Wildman–Crippen LogP) is 0.125. The summed E-state index contributed by atoms with van der Waals surface area (Å²) in [4.78, 5) is 3.92. The van der Waals surface area contributed by atoms with Crippen LogP contribution in [0.2, 0.25) is 0 Å². The molecule has 1 heterocycles. The summed E-state index contributed by atoms with van der Waals surface area (Å²) in [6.45, 7) is 1.40. The number of aliphatic hydroxyl groups is 1. The molecule has 96 valence electrons. The zero-order valence-electron chi connectivity index (χ0n) is 10.1. The van der Waals surface area contributed by atoms with E-state index in [-0.39, 0.29) is 11.5 Å². The second-order valence-electron chi connectivity index (χ2n) is 3.67. The normalized spacial score (nSPS) is 13.7. The van der Waals surface area contributed by atoms with Gasteiger partial charge in [-0.1, -0.05) is 0 Å². The number of sulfonamides is 1. The number of rotatable bonds is 5. The monoisotopic (exact) mass is 259 g/mol. The van der Waals surface area contributed by atoms with Gasteiger partial charge in [0.15, 0.2) is 0 Å². The molecular weight excluding hydrogens is 242 g/mol. The van der Waals surface area contributed by atoms with E-state index in [0.29, 0.717) is 5.69 Å². The van der Waals surface area contributed by atoms with Gasteiger partial charge in [0.25, 0.3) is 0 Å². The maximum atomic E-state index is 12.2. The molecule has 1 aromatic rings. The standard InChI is InChI=1S/C10H17N3O3S/c1-8(7-14)13(3)17(15,16)10-6-12-5-4-9(10)11-2/h4-6,8,14H,7H2,1-3H3,(H,11,12). The average Bonchev–Trinajstić information content (AvgIpc) is 2.36. The molecule has 1 rings (SSSR count). The number of pyridine rings is 1. The summed E-state index contributed by atoms with van der Waals surface area (Å²) in [5, 5.41) is 11.8. The van der Waals surface area contributed by atoms with Crippen molar-refractivity contribution in [2.75, 3.05) is 26.0 Å². The van der Waals surface area contributed by atoms with Crippen LogP contribution >= 0.6 is 0 Å². The molecule has 0 aromatic carbocycles. The lowest BCUT2D eigenvalue weighted by atomic mass is 10.4. The number of aromatic nitrogens is 1. The van der Waals surface area contributed by atoms with Crippen molar-refractivity contribution in [3.63, 3.8) is 0 Å². The van der Waals surface area contributed by atoms with Gasteiger partial charge in [0.1, 0.15) is 4.90 Å². The van der Waals surface area contributed by atoms with Crippen molar-refractivity contribution in [1.29, 1.82) is 0 Å². The van der Waals surface area contributed by atoms with Crippen LogP contribution in [-0.4, -0.2) is 49.6 Å².